The Hall–Kier alpha value is -4.21. The highest BCUT2D eigenvalue weighted by Gasteiger charge is 2.23. The number of nitro benzene ring substituents is 1. The standard InChI is InChI=1S/C23H16N4O4S/c24-12-14(22(28)26-23-18(13-25)16-5-2-4-8-21(16)32-23)11-15-9-10-20(31-15)17-6-1-3-7-19(17)27(29)30/h1,3,6-7,9-11H,2,4-5,8H2,(H,26,28)/b14-11-. The number of rotatable bonds is 5. The normalized spacial score (nSPS) is 13.0. The van der Waals surface area contributed by atoms with Crippen LogP contribution >= 0.6 is 11.3 Å². The van der Waals surface area contributed by atoms with E-state index in [1.807, 2.05) is 6.07 Å². The van der Waals surface area contributed by atoms with Crippen molar-refractivity contribution in [1.82, 2.24) is 0 Å². The second-order valence-corrected chi connectivity index (χ2v) is 8.23. The number of benzene rings is 1. The van der Waals surface area contributed by atoms with Crippen LogP contribution in [0.2, 0.25) is 0 Å². The predicted molar refractivity (Wildman–Crippen MR) is 119 cm³/mol. The molecule has 1 aliphatic rings. The van der Waals surface area contributed by atoms with Gasteiger partial charge in [-0.25, -0.2) is 0 Å². The van der Waals surface area contributed by atoms with E-state index in [1.165, 1.54) is 29.5 Å². The van der Waals surface area contributed by atoms with E-state index >= 15 is 0 Å². The summed E-state index contributed by atoms with van der Waals surface area (Å²) in [5, 5.41) is 33.4. The second-order valence-electron chi connectivity index (χ2n) is 7.13. The smallest absolute Gasteiger partial charge is 0.280 e. The fourth-order valence-electron chi connectivity index (χ4n) is 3.65. The van der Waals surface area contributed by atoms with Crippen molar-refractivity contribution in [3.05, 3.63) is 73.8 Å². The average molecular weight is 444 g/mol. The van der Waals surface area contributed by atoms with Crippen LogP contribution in [0.25, 0.3) is 17.4 Å². The molecule has 2 heterocycles. The van der Waals surface area contributed by atoms with Crippen LogP contribution in [0.5, 0.6) is 0 Å². The summed E-state index contributed by atoms with van der Waals surface area (Å²) in [4.78, 5) is 24.6. The van der Waals surface area contributed by atoms with Crippen molar-refractivity contribution in [2.45, 2.75) is 25.7 Å². The number of anilines is 1. The Morgan fingerprint density at radius 1 is 1.19 bits per heavy atom. The molecule has 0 fully saturated rings. The number of fused-ring (bicyclic) bond motifs is 1. The number of hydrogen-bond donors (Lipinski definition) is 1. The molecule has 0 bridgehead atoms. The Kier molecular flexibility index (Phi) is 5.84. The Morgan fingerprint density at radius 2 is 1.97 bits per heavy atom. The van der Waals surface area contributed by atoms with Crippen LogP contribution in [-0.4, -0.2) is 10.8 Å². The van der Waals surface area contributed by atoms with Gasteiger partial charge in [-0.1, -0.05) is 12.1 Å². The molecule has 0 radical (unpaired) electrons. The predicted octanol–water partition coefficient (Wildman–Crippen LogP) is 5.21. The molecule has 0 spiro atoms. The van der Waals surface area contributed by atoms with Crippen molar-refractivity contribution in [3.8, 4) is 23.5 Å². The number of furan rings is 1. The highest BCUT2D eigenvalue weighted by atomic mass is 32.1. The second kappa shape index (κ2) is 8.88. The summed E-state index contributed by atoms with van der Waals surface area (Å²) in [6.45, 7) is 0. The molecule has 1 N–H and O–H groups in total. The number of nitrogens with zero attached hydrogens (tertiary/aromatic N) is 3. The fourth-order valence-corrected chi connectivity index (χ4v) is 4.88. The highest BCUT2D eigenvalue weighted by Crippen LogP contribution is 2.38. The van der Waals surface area contributed by atoms with Gasteiger partial charge in [-0.15, -0.1) is 11.3 Å². The number of para-hydroxylation sites is 1. The lowest BCUT2D eigenvalue weighted by atomic mass is 9.96. The first-order valence-corrected chi connectivity index (χ1v) is 10.6. The lowest BCUT2D eigenvalue weighted by molar-refractivity contribution is -0.384. The molecule has 1 aromatic carbocycles. The zero-order valence-electron chi connectivity index (χ0n) is 16.8. The lowest BCUT2D eigenvalue weighted by Gasteiger charge is -2.09. The Morgan fingerprint density at radius 3 is 2.72 bits per heavy atom. The molecular weight excluding hydrogens is 428 g/mol. The number of carbonyl (C=O) groups excluding carboxylic acids is 1. The van der Waals surface area contributed by atoms with Crippen LogP contribution in [-0.2, 0) is 17.6 Å². The van der Waals surface area contributed by atoms with E-state index in [9.17, 15) is 25.4 Å². The van der Waals surface area contributed by atoms with Crippen molar-refractivity contribution >= 4 is 34.0 Å². The SMILES string of the molecule is N#C/C(=C/c1ccc(-c2ccccc2[N+](=O)[O-])o1)C(=O)Nc1sc2c(c1C#N)CCCC2. The minimum Gasteiger partial charge on any atom is -0.456 e. The van der Waals surface area contributed by atoms with Gasteiger partial charge in [-0.2, -0.15) is 10.5 Å². The molecule has 0 saturated carbocycles. The summed E-state index contributed by atoms with van der Waals surface area (Å²) in [6.07, 6.45) is 5.02. The number of aryl methyl sites for hydroxylation is 1. The van der Waals surface area contributed by atoms with E-state index in [1.54, 1.807) is 24.3 Å². The minimum absolute atomic E-state index is 0.110. The number of amides is 1. The third kappa shape index (κ3) is 4.02. The topological polar surface area (TPSA) is 133 Å². The van der Waals surface area contributed by atoms with Crippen molar-refractivity contribution in [1.29, 1.82) is 10.5 Å². The molecule has 8 nitrogen and oxygen atoms in total. The van der Waals surface area contributed by atoms with Gasteiger partial charge < -0.3 is 9.73 Å². The summed E-state index contributed by atoms with van der Waals surface area (Å²) in [6, 6.07) is 13.2. The summed E-state index contributed by atoms with van der Waals surface area (Å²) >= 11 is 1.38. The summed E-state index contributed by atoms with van der Waals surface area (Å²) in [5.74, 6) is -0.194. The number of nitro groups is 1. The maximum atomic E-state index is 12.7. The van der Waals surface area contributed by atoms with Crippen LogP contribution in [0.4, 0.5) is 10.7 Å². The van der Waals surface area contributed by atoms with Gasteiger partial charge in [0.1, 0.15) is 34.2 Å². The zero-order valence-corrected chi connectivity index (χ0v) is 17.6. The molecule has 2 aromatic heterocycles. The van der Waals surface area contributed by atoms with Gasteiger partial charge in [0.25, 0.3) is 11.6 Å². The summed E-state index contributed by atoms with van der Waals surface area (Å²) in [5.41, 5.74) is 1.43. The van der Waals surface area contributed by atoms with Gasteiger partial charge in [0.05, 0.1) is 16.1 Å². The first kappa shape index (κ1) is 21.0. The average Bonchev–Trinajstić information content (AvgIpc) is 3.41. The molecule has 3 aromatic rings. The van der Waals surface area contributed by atoms with Crippen molar-refractivity contribution < 1.29 is 14.1 Å². The van der Waals surface area contributed by atoms with Crippen LogP contribution in [0, 0.1) is 32.8 Å². The molecule has 0 aliphatic heterocycles. The van der Waals surface area contributed by atoms with Gasteiger partial charge in [0, 0.05) is 17.0 Å². The van der Waals surface area contributed by atoms with Crippen LogP contribution in [0.15, 0.2) is 46.4 Å². The fraction of sp³-hybridized carbons (Fsp3) is 0.174. The summed E-state index contributed by atoms with van der Waals surface area (Å²) < 4.78 is 5.64. The van der Waals surface area contributed by atoms with E-state index < -0.39 is 10.8 Å². The minimum atomic E-state index is -0.647. The van der Waals surface area contributed by atoms with E-state index in [0.717, 1.165) is 36.1 Å². The maximum Gasteiger partial charge on any atom is 0.280 e. The highest BCUT2D eigenvalue weighted by molar-refractivity contribution is 7.16. The quantitative estimate of drug-likeness (QED) is 0.248. The molecule has 0 unspecified atom stereocenters. The van der Waals surface area contributed by atoms with Gasteiger partial charge >= 0.3 is 0 Å². The largest absolute Gasteiger partial charge is 0.456 e. The van der Waals surface area contributed by atoms with Gasteiger partial charge in [-0.05, 0) is 49.4 Å². The molecule has 9 heteroatoms. The Labute approximate surface area is 187 Å². The van der Waals surface area contributed by atoms with E-state index in [2.05, 4.69) is 11.4 Å². The van der Waals surface area contributed by atoms with Gasteiger partial charge in [0.15, 0.2) is 0 Å². The molecule has 1 amide bonds. The molecule has 0 saturated heterocycles. The molecule has 1 aliphatic carbocycles. The zero-order chi connectivity index (χ0) is 22.7. The van der Waals surface area contributed by atoms with E-state index in [0.29, 0.717) is 16.1 Å². The molecule has 32 heavy (non-hydrogen) atoms. The lowest BCUT2D eigenvalue weighted by Crippen LogP contribution is -2.13. The van der Waals surface area contributed by atoms with Gasteiger partial charge in [0.2, 0.25) is 0 Å². The Bertz CT molecular complexity index is 1340. The third-order valence-electron chi connectivity index (χ3n) is 5.15. The van der Waals surface area contributed by atoms with Crippen LogP contribution < -0.4 is 5.32 Å². The summed E-state index contributed by atoms with van der Waals surface area (Å²) in [7, 11) is 0. The van der Waals surface area contributed by atoms with Crippen molar-refractivity contribution in [2.24, 2.45) is 0 Å². The number of nitrogens with one attached hydrogen (secondary N) is 1. The molecule has 0 atom stereocenters. The number of thiophene rings is 1. The number of hydrogen-bond acceptors (Lipinski definition) is 7. The number of nitriles is 2. The Balaban J connectivity index is 1.59. The van der Waals surface area contributed by atoms with Gasteiger partial charge in [-0.3, -0.25) is 14.9 Å². The van der Waals surface area contributed by atoms with Crippen LogP contribution in [0.1, 0.15) is 34.6 Å². The maximum absolute atomic E-state index is 12.7. The monoisotopic (exact) mass is 444 g/mol. The molecule has 158 valence electrons. The first-order valence-electron chi connectivity index (χ1n) is 9.83. The number of carbonyl (C=O) groups is 1. The van der Waals surface area contributed by atoms with E-state index in [-0.39, 0.29) is 22.8 Å². The van der Waals surface area contributed by atoms with Crippen molar-refractivity contribution in [2.75, 3.05) is 5.32 Å². The van der Waals surface area contributed by atoms with Crippen molar-refractivity contribution in [3.63, 3.8) is 0 Å². The third-order valence-corrected chi connectivity index (χ3v) is 6.36. The van der Waals surface area contributed by atoms with E-state index in [4.69, 9.17) is 4.42 Å². The first-order chi connectivity index (χ1) is 15.5. The van der Waals surface area contributed by atoms with Crippen LogP contribution in [0.3, 0.4) is 0 Å². The molecular formula is C23H16N4O4S. The molecule has 4 rings (SSSR count).